The van der Waals surface area contributed by atoms with E-state index in [2.05, 4.69) is 61.7 Å². The Kier molecular flexibility index (Phi) is 4.78. The van der Waals surface area contributed by atoms with Crippen molar-refractivity contribution in [1.82, 2.24) is 5.32 Å². The molecule has 0 bridgehead atoms. The first kappa shape index (κ1) is 17.6. The summed E-state index contributed by atoms with van der Waals surface area (Å²) in [6, 6.07) is 10.4. The van der Waals surface area contributed by atoms with Crippen LogP contribution in [0.4, 0.5) is 0 Å². The van der Waals surface area contributed by atoms with Gasteiger partial charge in [-0.2, -0.15) is 0 Å². The topological polar surface area (TPSA) is 41.5 Å². The van der Waals surface area contributed by atoms with Crippen LogP contribution in [0.3, 0.4) is 0 Å². The van der Waals surface area contributed by atoms with E-state index < -0.39 is 0 Å². The van der Waals surface area contributed by atoms with Crippen molar-refractivity contribution in [1.29, 1.82) is 0 Å². The van der Waals surface area contributed by atoms with E-state index in [4.69, 9.17) is 4.99 Å². The average molecular weight is 367 g/mol. The van der Waals surface area contributed by atoms with Gasteiger partial charge in [-0.3, -0.25) is 9.79 Å². The van der Waals surface area contributed by atoms with Crippen LogP contribution in [0, 0.1) is 5.92 Å². The van der Waals surface area contributed by atoms with Crippen LogP contribution >= 0.6 is 11.8 Å². The molecule has 1 N–H and O–H groups in total. The minimum atomic E-state index is -0.295. The van der Waals surface area contributed by atoms with Crippen LogP contribution in [-0.2, 0) is 4.79 Å². The lowest BCUT2D eigenvalue weighted by atomic mass is 9.73. The third kappa shape index (κ3) is 3.52. The maximum Gasteiger partial charge on any atom is 0.158 e. The van der Waals surface area contributed by atoms with Gasteiger partial charge in [0.1, 0.15) is 5.78 Å². The van der Waals surface area contributed by atoms with Gasteiger partial charge in [0.15, 0.2) is 5.17 Å². The molecule has 1 heterocycles. The molecule has 1 aromatic rings. The first-order chi connectivity index (χ1) is 12.5. The van der Waals surface area contributed by atoms with Gasteiger partial charge in [0, 0.05) is 13.0 Å². The molecule has 0 spiro atoms. The van der Waals surface area contributed by atoms with Crippen LogP contribution in [0.5, 0.6) is 0 Å². The predicted molar refractivity (Wildman–Crippen MR) is 110 cm³/mol. The van der Waals surface area contributed by atoms with Crippen LogP contribution in [0.1, 0.15) is 44.6 Å². The molecule has 1 aromatic carbocycles. The number of hydrogen-bond acceptors (Lipinski definition) is 4. The lowest BCUT2D eigenvalue weighted by Gasteiger charge is -2.36. The Hall–Kier alpha value is -1.81. The van der Waals surface area contributed by atoms with E-state index in [1.54, 1.807) is 11.8 Å². The van der Waals surface area contributed by atoms with Crippen LogP contribution in [-0.4, -0.2) is 28.3 Å². The van der Waals surface area contributed by atoms with Crippen molar-refractivity contribution in [3.63, 3.8) is 0 Å². The monoisotopic (exact) mass is 366 g/mol. The number of aliphatic imine (C=N–C) groups is 1. The molecule has 1 aliphatic heterocycles. The molecule has 1 fully saturated rings. The number of hydrogen-bond donors (Lipinski definition) is 1. The van der Waals surface area contributed by atoms with Crippen molar-refractivity contribution in [2.45, 2.75) is 49.8 Å². The summed E-state index contributed by atoms with van der Waals surface area (Å²) in [5, 5.41) is 4.38. The van der Waals surface area contributed by atoms with Gasteiger partial charge in [0.2, 0.25) is 0 Å². The maximum atomic E-state index is 12.8. The second kappa shape index (κ2) is 7.07. The van der Waals surface area contributed by atoms with E-state index in [0.29, 0.717) is 18.1 Å². The van der Waals surface area contributed by atoms with Crippen molar-refractivity contribution in [3.05, 3.63) is 59.7 Å². The lowest BCUT2D eigenvalue weighted by molar-refractivity contribution is -0.121. The molecular formula is C22H26N2OS. The summed E-state index contributed by atoms with van der Waals surface area (Å²) in [5.41, 5.74) is 2.36. The number of thioether (sulfide) groups is 1. The Morgan fingerprint density at radius 2 is 2.08 bits per heavy atom. The molecule has 4 atom stereocenters. The molecule has 3 aliphatic rings. The molecule has 0 radical (unpaired) electrons. The summed E-state index contributed by atoms with van der Waals surface area (Å²) in [6.45, 7) is 5.21. The van der Waals surface area contributed by atoms with Crippen molar-refractivity contribution >= 4 is 22.7 Å². The first-order valence-corrected chi connectivity index (χ1v) is 10.4. The van der Waals surface area contributed by atoms with Gasteiger partial charge in [-0.05, 0) is 37.2 Å². The Morgan fingerprint density at radius 3 is 2.85 bits per heavy atom. The highest BCUT2D eigenvalue weighted by atomic mass is 32.2. The number of nitrogens with one attached hydrogen (secondary N) is 1. The fourth-order valence-corrected chi connectivity index (χ4v) is 5.61. The number of amidine groups is 1. The van der Waals surface area contributed by atoms with E-state index >= 15 is 0 Å². The number of Topliss-reactive ketones (excluding diaryl/α,β-unsaturated/α-hetero) is 1. The summed E-state index contributed by atoms with van der Waals surface area (Å²) >= 11 is 1.63. The molecule has 4 unspecified atom stereocenters. The number of benzene rings is 1. The number of fused-ring (bicyclic) bond motifs is 1. The Balaban J connectivity index is 1.46. The zero-order chi connectivity index (χ0) is 18.1. The van der Waals surface area contributed by atoms with Crippen molar-refractivity contribution in [3.8, 4) is 0 Å². The highest BCUT2D eigenvalue weighted by Crippen LogP contribution is 2.47. The third-order valence-corrected chi connectivity index (χ3v) is 7.11. The minimum Gasteiger partial charge on any atom is -0.361 e. The second-order valence-electron chi connectivity index (χ2n) is 8.00. The molecule has 136 valence electrons. The van der Waals surface area contributed by atoms with Gasteiger partial charge in [-0.1, -0.05) is 72.8 Å². The molecular weight excluding hydrogens is 340 g/mol. The van der Waals surface area contributed by atoms with E-state index in [1.807, 2.05) is 6.07 Å². The summed E-state index contributed by atoms with van der Waals surface area (Å²) in [5.74, 6) is 1.22. The number of rotatable bonds is 3. The molecule has 0 saturated heterocycles. The lowest BCUT2D eigenvalue weighted by Crippen LogP contribution is -2.44. The van der Waals surface area contributed by atoms with E-state index in [9.17, 15) is 4.79 Å². The van der Waals surface area contributed by atoms with Crippen LogP contribution in [0.15, 0.2) is 59.1 Å². The summed E-state index contributed by atoms with van der Waals surface area (Å²) in [7, 11) is 0. The van der Waals surface area contributed by atoms with Gasteiger partial charge in [-0.15, -0.1) is 0 Å². The summed E-state index contributed by atoms with van der Waals surface area (Å²) < 4.78 is 0. The Bertz CT molecular complexity index is 783. The zero-order valence-corrected chi connectivity index (χ0v) is 16.3. The Morgan fingerprint density at radius 1 is 1.27 bits per heavy atom. The van der Waals surface area contributed by atoms with Crippen LogP contribution < -0.4 is 5.32 Å². The zero-order valence-electron chi connectivity index (χ0n) is 15.4. The highest BCUT2D eigenvalue weighted by Gasteiger charge is 2.50. The smallest absolute Gasteiger partial charge is 0.158 e. The predicted octanol–water partition coefficient (Wildman–Crippen LogP) is 4.48. The van der Waals surface area contributed by atoms with Crippen molar-refractivity contribution in [2.24, 2.45) is 10.9 Å². The summed E-state index contributed by atoms with van der Waals surface area (Å²) in [6.07, 6.45) is 9.24. The number of nitrogens with zero attached hydrogens (tertiary/aromatic N) is 1. The molecule has 1 saturated carbocycles. The second-order valence-corrected chi connectivity index (χ2v) is 9.09. The molecule has 26 heavy (non-hydrogen) atoms. The number of allylic oxidation sites excluding steroid dienone is 3. The van der Waals surface area contributed by atoms with Gasteiger partial charge in [0.25, 0.3) is 0 Å². The van der Waals surface area contributed by atoms with E-state index in [-0.39, 0.29) is 16.7 Å². The number of carbonyl (C=O) groups is 1. The highest BCUT2D eigenvalue weighted by molar-refractivity contribution is 8.15. The molecule has 4 heteroatoms. The quantitative estimate of drug-likeness (QED) is 0.858. The van der Waals surface area contributed by atoms with Gasteiger partial charge in [0.05, 0.1) is 10.8 Å². The molecule has 0 amide bonds. The van der Waals surface area contributed by atoms with Crippen LogP contribution in [0.25, 0.3) is 0 Å². The molecule has 3 nitrogen and oxygen atoms in total. The average Bonchev–Trinajstić information content (AvgIpc) is 2.98. The number of carbonyl (C=O) groups excluding carboxylic acids is 1. The van der Waals surface area contributed by atoms with Crippen molar-refractivity contribution < 1.29 is 4.79 Å². The fraction of sp³-hybridized carbons (Fsp3) is 0.455. The maximum absolute atomic E-state index is 12.8. The molecule has 0 aromatic heterocycles. The van der Waals surface area contributed by atoms with Crippen LogP contribution in [0.2, 0.25) is 0 Å². The van der Waals surface area contributed by atoms with E-state index in [1.165, 1.54) is 11.1 Å². The standard InChI is InChI=1S/C22H26N2OS/c1-15-7-6-8-16(11-15)14-23-21-24-22(2)13-18(12-19(25)20(22)26-21)17-9-4-3-5-10-17/h3-10,15,18,20H,11-14H2,1-2H3,(H,23,24). The third-order valence-electron chi connectivity index (χ3n) is 5.64. The van der Waals surface area contributed by atoms with Gasteiger partial charge in [-0.25, -0.2) is 0 Å². The summed E-state index contributed by atoms with van der Waals surface area (Å²) in [4.78, 5) is 17.8. The molecule has 2 aliphatic carbocycles. The SMILES string of the molecule is CC1C=CC=C(CNC2=NC3(C)CC(c4ccccc4)CC(=O)C3S2)C1. The largest absolute Gasteiger partial charge is 0.361 e. The van der Waals surface area contributed by atoms with Crippen molar-refractivity contribution in [2.75, 3.05) is 6.54 Å². The normalized spacial score (nSPS) is 33.5. The number of ketones is 1. The van der Waals surface area contributed by atoms with E-state index in [0.717, 1.165) is 24.6 Å². The van der Waals surface area contributed by atoms with Gasteiger partial charge < -0.3 is 5.32 Å². The fourth-order valence-electron chi connectivity index (χ4n) is 4.33. The molecule has 4 rings (SSSR count). The minimum absolute atomic E-state index is 0.0379. The van der Waals surface area contributed by atoms with Gasteiger partial charge >= 0.3 is 0 Å². The Labute approximate surface area is 160 Å². The first-order valence-electron chi connectivity index (χ1n) is 9.48.